The highest BCUT2D eigenvalue weighted by Crippen LogP contribution is 2.15. The van der Waals surface area contributed by atoms with Gasteiger partial charge in [-0.25, -0.2) is 9.48 Å². The Morgan fingerprint density at radius 2 is 2.10 bits per heavy atom. The number of hydrogen-bond donors (Lipinski definition) is 1. The van der Waals surface area contributed by atoms with Crippen molar-refractivity contribution in [3.05, 3.63) is 47.8 Å². The summed E-state index contributed by atoms with van der Waals surface area (Å²) in [6.07, 6.45) is 1.83. The Morgan fingerprint density at radius 3 is 2.76 bits per heavy atom. The SMILES string of the molecule is CCOC(=O)c1cc(CCCNC)n(-c2ccccc2)n1. The molecule has 1 N–H and O–H groups in total. The van der Waals surface area contributed by atoms with Crippen LogP contribution >= 0.6 is 0 Å². The highest BCUT2D eigenvalue weighted by atomic mass is 16.5. The van der Waals surface area contributed by atoms with Gasteiger partial charge in [0, 0.05) is 5.69 Å². The Kier molecular flexibility index (Phi) is 5.51. The van der Waals surface area contributed by atoms with Gasteiger partial charge in [0.25, 0.3) is 0 Å². The standard InChI is InChI=1S/C16H21N3O2/c1-3-21-16(20)15-12-14(10-7-11-17-2)19(18-15)13-8-5-4-6-9-13/h4-6,8-9,12,17H,3,7,10-11H2,1-2H3. The number of carbonyl (C=O) groups is 1. The number of rotatable bonds is 7. The molecule has 0 saturated heterocycles. The van der Waals surface area contributed by atoms with Crippen molar-refractivity contribution in [1.82, 2.24) is 15.1 Å². The highest BCUT2D eigenvalue weighted by Gasteiger charge is 2.15. The van der Waals surface area contributed by atoms with Crippen LogP contribution in [0.5, 0.6) is 0 Å². The summed E-state index contributed by atoms with van der Waals surface area (Å²) in [5.74, 6) is -0.373. The molecule has 0 spiro atoms. The Morgan fingerprint density at radius 1 is 1.33 bits per heavy atom. The van der Waals surface area contributed by atoms with Crippen LogP contribution in [-0.2, 0) is 11.2 Å². The molecule has 5 nitrogen and oxygen atoms in total. The van der Waals surface area contributed by atoms with Crippen molar-refractivity contribution in [1.29, 1.82) is 0 Å². The molecule has 0 aliphatic rings. The fourth-order valence-electron chi connectivity index (χ4n) is 2.14. The van der Waals surface area contributed by atoms with Crippen LogP contribution in [0.2, 0.25) is 0 Å². The fraction of sp³-hybridized carbons (Fsp3) is 0.375. The molecule has 1 heterocycles. The number of nitrogens with zero attached hydrogens (tertiary/aromatic N) is 2. The number of ether oxygens (including phenoxy) is 1. The normalized spacial score (nSPS) is 10.6. The number of nitrogens with one attached hydrogen (secondary N) is 1. The first-order chi connectivity index (χ1) is 10.3. The molecule has 0 aliphatic carbocycles. The third kappa shape index (κ3) is 3.92. The summed E-state index contributed by atoms with van der Waals surface area (Å²) in [5, 5.41) is 7.53. The van der Waals surface area contributed by atoms with Gasteiger partial charge in [0.2, 0.25) is 0 Å². The summed E-state index contributed by atoms with van der Waals surface area (Å²) in [7, 11) is 1.93. The van der Waals surface area contributed by atoms with Crippen molar-refractivity contribution in [2.75, 3.05) is 20.2 Å². The molecule has 1 aromatic heterocycles. The van der Waals surface area contributed by atoms with E-state index in [9.17, 15) is 4.79 Å². The molecule has 2 aromatic rings. The highest BCUT2D eigenvalue weighted by molar-refractivity contribution is 5.87. The molecule has 0 unspecified atom stereocenters. The van der Waals surface area contributed by atoms with E-state index in [1.807, 2.05) is 48.1 Å². The van der Waals surface area contributed by atoms with Crippen LogP contribution < -0.4 is 5.32 Å². The van der Waals surface area contributed by atoms with Gasteiger partial charge in [-0.1, -0.05) is 18.2 Å². The summed E-state index contributed by atoms with van der Waals surface area (Å²) < 4.78 is 6.85. The first kappa shape index (κ1) is 15.3. The van der Waals surface area contributed by atoms with Crippen molar-refractivity contribution in [3.8, 4) is 5.69 Å². The van der Waals surface area contributed by atoms with Gasteiger partial charge in [0.15, 0.2) is 5.69 Å². The van der Waals surface area contributed by atoms with E-state index in [0.29, 0.717) is 12.3 Å². The predicted molar refractivity (Wildman–Crippen MR) is 81.8 cm³/mol. The molecular formula is C16H21N3O2. The van der Waals surface area contributed by atoms with Crippen LogP contribution in [0.1, 0.15) is 29.5 Å². The quantitative estimate of drug-likeness (QED) is 0.626. The van der Waals surface area contributed by atoms with Crippen LogP contribution in [0, 0.1) is 0 Å². The van der Waals surface area contributed by atoms with Gasteiger partial charge >= 0.3 is 5.97 Å². The van der Waals surface area contributed by atoms with Crippen LogP contribution in [0.15, 0.2) is 36.4 Å². The molecule has 0 saturated carbocycles. The number of aromatic nitrogens is 2. The summed E-state index contributed by atoms with van der Waals surface area (Å²) in [4.78, 5) is 11.9. The van der Waals surface area contributed by atoms with Gasteiger partial charge in [0.05, 0.1) is 12.3 Å². The average molecular weight is 287 g/mol. The molecule has 1 aromatic carbocycles. The number of para-hydroxylation sites is 1. The van der Waals surface area contributed by atoms with Crippen molar-refractivity contribution < 1.29 is 9.53 Å². The second-order valence-electron chi connectivity index (χ2n) is 4.70. The van der Waals surface area contributed by atoms with Gasteiger partial charge in [-0.2, -0.15) is 5.10 Å². The average Bonchev–Trinajstić information content (AvgIpc) is 2.93. The third-order valence-corrected chi connectivity index (χ3v) is 3.13. The number of esters is 1. The molecule has 0 amide bonds. The van der Waals surface area contributed by atoms with E-state index in [1.165, 1.54) is 0 Å². The second-order valence-corrected chi connectivity index (χ2v) is 4.70. The number of benzene rings is 1. The van der Waals surface area contributed by atoms with E-state index in [2.05, 4.69) is 10.4 Å². The minimum absolute atomic E-state index is 0.353. The largest absolute Gasteiger partial charge is 0.461 e. The topological polar surface area (TPSA) is 56.1 Å². The van der Waals surface area contributed by atoms with Gasteiger partial charge in [-0.05, 0) is 51.6 Å². The van der Waals surface area contributed by atoms with E-state index in [-0.39, 0.29) is 5.97 Å². The van der Waals surface area contributed by atoms with Gasteiger partial charge in [0.1, 0.15) is 0 Å². The molecule has 0 atom stereocenters. The maximum absolute atomic E-state index is 11.9. The van der Waals surface area contributed by atoms with Crippen LogP contribution in [0.4, 0.5) is 0 Å². The van der Waals surface area contributed by atoms with E-state index in [1.54, 1.807) is 6.92 Å². The minimum Gasteiger partial charge on any atom is -0.461 e. The summed E-state index contributed by atoms with van der Waals surface area (Å²) in [5.41, 5.74) is 2.33. The van der Waals surface area contributed by atoms with Gasteiger partial charge < -0.3 is 10.1 Å². The molecule has 112 valence electrons. The van der Waals surface area contributed by atoms with Crippen molar-refractivity contribution >= 4 is 5.97 Å². The monoisotopic (exact) mass is 287 g/mol. The van der Waals surface area contributed by atoms with Crippen LogP contribution in [-0.4, -0.2) is 35.9 Å². The molecule has 0 fully saturated rings. The van der Waals surface area contributed by atoms with Gasteiger partial charge in [-0.15, -0.1) is 0 Å². The van der Waals surface area contributed by atoms with Crippen molar-refractivity contribution in [2.45, 2.75) is 19.8 Å². The van der Waals surface area contributed by atoms with E-state index < -0.39 is 0 Å². The van der Waals surface area contributed by atoms with Crippen LogP contribution in [0.25, 0.3) is 5.69 Å². The zero-order chi connectivity index (χ0) is 15.1. The Bertz CT molecular complexity index is 578. The zero-order valence-corrected chi connectivity index (χ0v) is 12.5. The van der Waals surface area contributed by atoms with E-state index >= 15 is 0 Å². The summed E-state index contributed by atoms with van der Waals surface area (Å²) in [6, 6.07) is 11.6. The summed E-state index contributed by atoms with van der Waals surface area (Å²) in [6.45, 7) is 3.07. The smallest absolute Gasteiger partial charge is 0.358 e. The summed E-state index contributed by atoms with van der Waals surface area (Å²) >= 11 is 0. The number of carbonyl (C=O) groups excluding carboxylic acids is 1. The number of aryl methyl sites for hydroxylation is 1. The minimum atomic E-state index is -0.373. The van der Waals surface area contributed by atoms with Crippen molar-refractivity contribution in [3.63, 3.8) is 0 Å². The lowest BCUT2D eigenvalue weighted by atomic mass is 10.2. The van der Waals surface area contributed by atoms with Crippen LogP contribution in [0.3, 0.4) is 0 Å². The Hall–Kier alpha value is -2.14. The first-order valence-corrected chi connectivity index (χ1v) is 7.22. The number of hydrogen-bond acceptors (Lipinski definition) is 4. The molecule has 0 aliphatic heterocycles. The third-order valence-electron chi connectivity index (χ3n) is 3.13. The Balaban J connectivity index is 2.29. The molecule has 2 rings (SSSR count). The van der Waals surface area contributed by atoms with Gasteiger partial charge in [-0.3, -0.25) is 0 Å². The van der Waals surface area contributed by atoms with Crippen molar-refractivity contribution in [2.24, 2.45) is 0 Å². The zero-order valence-electron chi connectivity index (χ0n) is 12.5. The molecule has 5 heteroatoms. The predicted octanol–water partition coefficient (Wildman–Crippen LogP) is 2.20. The Labute approximate surface area is 124 Å². The molecule has 0 radical (unpaired) electrons. The lowest BCUT2D eigenvalue weighted by molar-refractivity contribution is 0.0519. The second kappa shape index (κ2) is 7.59. The molecule has 0 bridgehead atoms. The maximum Gasteiger partial charge on any atom is 0.358 e. The molecular weight excluding hydrogens is 266 g/mol. The lowest BCUT2D eigenvalue weighted by Crippen LogP contribution is -2.10. The molecule has 21 heavy (non-hydrogen) atoms. The van der Waals surface area contributed by atoms with E-state index in [0.717, 1.165) is 30.8 Å². The van der Waals surface area contributed by atoms with E-state index in [4.69, 9.17) is 4.74 Å². The fourth-order valence-corrected chi connectivity index (χ4v) is 2.14. The lowest BCUT2D eigenvalue weighted by Gasteiger charge is -2.06. The maximum atomic E-state index is 11.9. The first-order valence-electron chi connectivity index (χ1n) is 7.22.